The molecule has 0 radical (unpaired) electrons. The van der Waals surface area contributed by atoms with Crippen molar-refractivity contribution in [3.05, 3.63) is 23.9 Å². The predicted octanol–water partition coefficient (Wildman–Crippen LogP) is 1.52. The second-order valence-electron chi connectivity index (χ2n) is 3.71. The average Bonchev–Trinajstić information content (AvgIpc) is 2.26. The van der Waals surface area contributed by atoms with Gasteiger partial charge in [0.15, 0.2) is 5.96 Å². The maximum Gasteiger partial charge on any atom is 0.213 e. The Hall–Kier alpha value is -1.05. The van der Waals surface area contributed by atoms with Gasteiger partial charge < -0.3 is 15.8 Å². The van der Waals surface area contributed by atoms with E-state index in [1.807, 2.05) is 26.0 Å². The number of methoxy groups -OCH3 is 1. The highest BCUT2D eigenvalue weighted by Gasteiger charge is 1.98. The van der Waals surface area contributed by atoms with Gasteiger partial charge in [-0.3, -0.25) is 0 Å². The van der Waals surface area contributed by atoms with Crippen molar-refractivity contribution in [2.24, 2.45) is 10.7 Å². The number of halogens is 1. The Bertz CT molecular complexity index is 368. The van der Waals surface area contributed by atoms with Crippen LogP contribution in [0.4, 0.5) is 0 Å². The number of hydrogen-bond acceptors (Lipinski definition) is 3. The van der Waals surface area contributed by atoms with E-state index < -0.39 is 0 Å². The van der Waals surface area contributed by atoms with Gasteiger partial charge in [-0.05, 0) is 25.5 Å². The molecule has 0 amide bonds. The van der Waals surface area contributed by atoms with Crippen LogP contribution in [0.15, 0.2) is 23.3 Å². The topological polar surface area (TPSA) is 72.5 Å². The van der Waals surface area contributed by atoms with Crippen LogP contribution in [-0.4, -0.2) is 24.1 Å². The van der Waals surface area contributed by atoms with E-state index in [9.17, 15) is 0 Å². The van der Waals surface area contributed by atoms with Gasteiger partial charge in [0.2, 0.25) is 5.88 Å². The third kappa shape index (κ3) is 6.30. The first-order valence-electron chi connectivity index (χ1n) is 5.17. The molecule has 0 saturated carbocycles. The fourth-order valence-electron chi connectivity index (χ4n) is 1.18. The average molecular weight is 350 g/mol. The van der Waals surface area contributed by atoms with Crippen LogP contribution in [0, 0.1) is 0 Å². The first kappa shape index (κ1) is 16.0. The zero-order valence-electron chi connectivity index (χ0n) is 10.3. The number of aliphatic imine (C=N–C) groups is 1. The van der Waals surface area contributed by atoms with Crippen LogP contribution in [-0.2, 0) is 6.54 Å². The van der Waals surface area contributed by atoms with Crippen molar-refractivity contribution in [1.82, 2.24) is 10.3 Å². The van der Waals surface area contributed by atoms with Crippen molar-refractivity contribution in [2.75, 3.05) is 7.11 Å². The molecule has 1 aromatic heterocycles. The number of pyridine rings is 1. The molecule has 0 unspecified atom stereocenters. The van der Waals surface area contributed by atoms with Crippen LogP contribution in [0.3, 0.4) is 0 Å². The zero-order chi connectivity index (χ0) is 12.0. The van der Waals surface area contributed by atoms with Crippen LogP contribution in [0.2, 0.25) is 0 Å². The van der Waals surface area contributed by atoms with Crippen molar-refractivity contribution in [1.29, 1.82) is 0 Å². The van der Waals surface area contributed by atoms with Crippen molar-refractivity contribution in [3.63, 3.8) is 0 Å². The number of nitrogens with zero attached hydrogens (tertiary/aromatic N) is 2. The van der Waals surface area contributed by atoms with Crippen LogP contribution < -0.4 is 15.8 Å². The molecule has 0 fully saturated rings. The highest BCUT2D eigenvalue weighted by molar-refractivity contribution is 14.0. The lowest BCUT2D eigenvalue weighted by molar-refractivity contribution is 0.397. The van der Waals surface area contributed by atoms with Crippen LogP contribution >= 0.6 is 24.0 Å². The lowest BCUT2D eigenvalue weighted by Crippen LogP contribution is -2.36. The molecule has 0 aliphatic rings. The Morgan fingerprint density at radius 3 is 2.88 bits per heavy atom. The van der Waals surface area contributed by atoms with Crippen molar-refractivity contribution >= 4 is 29.9 Å². The lowest BCUT2D eigenvalue weighted by Gasteiger charge is -2.08. The molecular weight excluding hydrogens is 331 g/mol. The quantitative estimate of drug-likeness (QED) is 0.491. The molecule has 1 rings (SSSR count). The highest BCUT2D eigenvalue weighted by atomic mass is 127. The molecule has 17 heavy (non-hydrogen) atoms. The summed E-state index contributed by atoms with van der Waals surface area (Å²) in [7, 11) is 1.59. The second-order valence-corrected chi connectivity index (χ2v) is 3.71. The Kier molecular flexibility index (Phi) is 7.60. The number of guanidine groups is 1. The number of nitrogens with one attached hydrogen (secondary N) is 1. The predicted molar refractivity (Wildman–Crippen MR) is 79.8 cm³/mol. The minimum Gasteiger partial charge on any atom is -0.481 e. The van der Waals surface area contributed by atoms with E-state index >= 15 is 0 Å². The van der Waals surface area contributed by atoms with E-state index in [0.717, 1.165) is 5.56 Å². The monoisotopic (exact) mass is 350 g/mol. The van der Waals surface area contributed by atoms with Gasteiger partial charge >= 0.3 is 0 Å². The summed E-state index contributed by atoms with van der Waals surface area (Å²) in [4.78, 5) is 8.23. The van der Waals surface area contributed by atoms with E-state index in [2.05, 4.69) is 15.3 Å². The Labute approximate surface area is 119 Å². The van der Waals surface area contributed by atoms with Gasteiger partial charge in [-0.15, -0.1) is 24.0 Å². The molecule has 0 aliphatic heterocycles. The number of ether oxygens (including phenoxy) is 1. The SMILES string of the molecule is COc1cc(CN=C(N)NC(C)C)ccn1.I. The van der Waals surface area contributed by atoms with Gasteiger partial charge in [0.25, 0.3) is 0 Å². The van der Waals surface area contributed by atoms with Crippen molar-refractivity contribution in [2.45, 2.75) is 26.4 Å². The molecule has 0 saturated heterocycles. The largest absolute Gasteiger partial charge is 0.481 e. The molecule has 5 nitrogen and oxygen atoms in total. The molecule has 6 heteroatoms. The maximum atomic E-state index is 5.69. The van der Waals surface area contributed by atoms with Gasteiger partial charge in [-0.2, -0.15) is 0 Å². The summed E-state index contributed by atoms with van der Waals surface area (Å²) in [6.45, 7) is 4.54. The third-order valence-electron chi connectivity index (χ3n) is 1.88. The van der Waals surface area contributed by atoms with Crippen molar-refractivity contribution < 1.29 is 4.74 Å². The molecule has 0 spiro atoms. The van der Waals surface area contributed by atoms with Crippen molar-refractivity contribution in [3.8, 4) is 5.88 Å². The van der Waals surface area contributed by atoms with E-state index in [4.69, 9.17) is 10.5 Å². The molecule has 0 aromatic carbocycles. The molecule has 0 atom stereocenters. The molecule has 96 valence electrons. The fourth-order valence-corrected chi connectivity index (χ4v) is 1.18. The Morgan fingerprint density at radius 1 is 1.59 bits per heavy atom. The highest BCUT2D eigenvalue weighted by Crippen LogP contribution is 2.09. The summed E-state index contributed by atoms with van der Waals surface area (Å²) in [5, 5.41) is 3.02. The number of rotatable bonds is 4. The van der Waals surface area contributed by atoms with Gasteiger partial charge in [0.05, 0.1) is 13.7 Å². The summed E-state index contributed by atoms with van der Waals surface area (Å²) < 4.78 is 5.02. The zero-order valence-corrected chi connectivity index (χ0v) is 12.6. The van der Waals surface area contributed by atoms with Crippen LogP contribution in [0.25, 0.3) is 0 Å². The first-order valence-corrected chi connectivity index (χ1v) is 5.17. The molecule has 1 heterocycles. The number of hydrogen-bond donors (Lipinski definition) is 2. The maximum absolute atomic E-state index is 5.69. The minimum atomic E-state index is 0. The van der Waals surface area contributed by atoms with Gasteiger partial charge in [0, 0.05) is 18.3 Å². The molecular formula is C11H19IN4O. The van der Waals surface area contributed by atoms with Gasteiger partial charge in [0.1, 0.15) is 0 Å². The van der Waals surface area contributed by atoms with Gasteiger partial charge in [-0.25, -0.2) is 9.98 Å². The van der Waals surface area contributed by atoms with E-state index in [1.54, 1.807) is 13.3 Å². The third-order valence-corrected chi connectivity index (χ3v) is 1.88. The Balaban J connectivity index is 0.00000256. The summed E-state index contributed by atoms with van der Waals surface area (Å²) in [6, 6.07) is 4.01. The smallest absolute Gasteiger partial charge is 0.213 e. The molecule has 3 N–H and O–H groups in total. The van der Waals surface area contributed by atoms with Crippen LogP contribution in [0.1, 0.15) is 19.4 Å². The lowest BCUT2D eigenvalue weighted by atomic mass is 10.3. The second kappa shape index (κ2) is 8.10. The minimum absolute atomic E-state index is 0. The first-order chi connectivity index (χ1) is 7.61. The normalized spacial score (nSPS) is 10.9. The number of aromatic nitrogens is 1. The van der Waals surface area contributed by atoms with Crippen LogP contribution in [0.5, 0.6) is 5.88 Å². The summed E-state index contributed by atoms with van der Waals surface area (Å²) in [5.74, 6) is 1.04. The summed E-state index contributed by atoms with van der Waals surface area (Å²) in [5.41, 5.74) is 6.70. The summed E-state index contributed by atoms with van der Waals surface area (Å²) in [6.07, 6.45) is 1.69. The molecule has 0 bridgehead atoms. The standard InChI is InChI=1S/C11H18N4O.HI/c1-8(2)15-11(12)14-7-9-4-5-13-10(6-9)16-3;/h4-6,8H,7H2,1-3H3,(H3,12,14,15);1H. The van der Waals surface area contributed by atoms with E-state index in [-0.39, 0.29) is 30.0 Å². The molecule has 0 aliphatic carbocycles. The Morgan fingerprint density at radius 2 is 2.29 bits per heavy atom. The fraction of sp³-hybridized carbons (Fsp3) is 0.455. The van der Waals surface area contributed by atoms with Gasteiger partial charge in [-0.1, -0.05) is 0 Å². The molecule has 1 aromatic rings. The van der Waals surface area contributed by atoms with E-state index in [1.165, 1.54) is 0 Å². The number of nitrogens with two attached hydrogens (primary N) is 1. The summed E-state index contributed by atoms with van der Waals surface area (Å²) >= 11 is 0. The van der Waals surface area contributed by atoms with E-state index in [0.29, 0.717) is 18.4 Å².